The van der Waals surface area contributed by atoms with Crippen LogP contribution in [0.4, 0.5) is 0 Å². The van der Waals surface area contributed by atoms with E-state index < -0.39 is 0 Å². The largest absolute Gasteiger partial charge is 0.465 e. The first-order chi connectivity index (χ1) is 14.7. The number of ether oxygens (including phenoxy) is 3. The lowest BCUT2D eigenvalue weighted by atomic mass is 10.0. The second kappa shape index (κ2) is 11.4. The third-order valence-corrected chi connectivity index (χ3v) is 4.99. The van der Waals surface area contributed by atoms with Crippen LogP contribution in [0.25, 0.3) is 10.9 Å². The number of hydrogen-bond acceptors (Lipinski definition) is 5. The fourth-order valence-electron chi connectivity index (χ4n) is 3.38. The van der Waals surface area contributed by atoms with Crippen molar-refractivity contribution in [3.8, 4) is 0 Å². The lowest BCUT2D eigenvalue weighted by Crippen LogP contribution is -2.09. The van der Waals surface area contributed by atoms with Crippen molar-refractivity contribution in [3.05, 3.63) is 77.0 Å². The lowest BCUT2D eigenvalue weighted by Gasteiger charge is -2.11. The molecule has 158 valence electrons. The van der Waals surface area contributed by atoms with Crippen LogP contribution < -0.4 is 0 Å². The van der Waals surface area contributed by atoms with E-state index >= 15 is 0 Å². The van der Waals surface area contributed by atoms with Crippen LogP contribution in [0.2, 0.25) is 0 Å². The molecule has 0 aliphatic carbocycles. The first-order valence-corrected chi connectivity index (χ1v) is 10.4. The maximum absolute atomic E-state index is 12.0. The van der Waals surface area contributed by atoms with Gasteiger partial charge >= 0.3 is 5.97 Å². The van der Waals surface area contributed by atoms with Gasteiger partial charge in [0.2, 0.25) is 0 Å². The van der Waals surface area contributed by atoms with Crippen LogP contribution in [-0.4, -0.2) is 31.3 Å². The van der Waals surface area contributed by atoms with Gasteiger partial charge in [-0.15, -0.1) is 0 Å². The van der Waals surface area contributed by atoms with Gasteiger partial charge in [0.05, 0.1) is 37.1 Å². The summed E-state index contributed by atoms with van der Waals surface area (Å²) in [5, 5.41) is 1.14. The summed E-state index contributed by atoms with van der Waals surface area (Å²) < 4.78 is 16.4. The molecule has 0 bridgehead atoms. The smallest absolute Gasteiger partial charge is 0.338 e. The molecule has 0 aliphatic rings. The third-order valence-electron chi connectivity index (χ3n) is 4.99. The monoisotopic (exact) mass is 407 g/mol. The molecular weight excluding hydrogens is 378 g/mol. The van der Waals surface area contributed by atoms with E-state index in [2.05, 4.69) is 17.1 Å². The molecule has 0 fully saturated rings. The molecule has 0 aliphatic heterocycles. The summed E-state index contributed by atoms with van der Waals surface area (Å²) in [7, 11) is 1.40. The standard InChI is InChI=1S/C25H29NO4/c1-19-9-8-11-21(24(19)25(27)28-2)17-29-15-6-3-7-16-30-18-22-14-13-20-10-4-5-12-23(20)26-22/h4-5,8-14H,3,6-7,15-18H2,1-2H3. The summed E-state index contributed by atoms with van der Waals surface area (Å²) in [6.07, 6.45) is 2.97. The Morgan fingerprint density at radius 2 is 1.63 bits per heavy atom. The zero-order valence-corrected chi connectivity index (χ0v) is 17.7. The van der Waals surface area contributed by atoms with Crippen LogP contribution in [0, 0.1) is 6.92 Å². The summed E-state index contributed by atoms with van der Waals surface area (Å²) in [6, 6.07) is 17.9. The molecule has 5 nitrogen and oxygen atoms in total. The number of methoxy groups -OCH3 is 1. The number of carbonyl (C=O) groups is 1. The molecular formula is C25H29NO4. The summed E-state index contributed by atoms with van der Waals surface area (Å²) in [5.41, 5.74) is 4.33. The predicted molar refractivity (Wildman–Crippen MR) is 117 cm³/mol. The molecule has 1 heterocycles. The molecule has 0 N–H and O–H groups in total. The van der Waals surface area contributed by atoms with Gasteiger partial charge in [0.1, 0.15) is 0 Å². The average molecular weight is 408 g/mol. The van der Waals surface area contributed by atoms with Gasteiger partial charge in [-0.25, -0.2) is 4.79 Å². The summed E-state index contributed by atoms with van der Waals surface area (Å²) in [5.74, 6) is -0.315. The third kappa shape index (κ3) is 6.12. The molecule has 30 heavy (non-hydrogen) atoms. The number of benzene rings is 2. The number of aromatic nitrogens is 1. The minimum atomic E-state index is -0.315. The van der Waals surface area contributed by atoms with Crippen molar-refractivity contribution >= 4 is 16.9 Å². The molecule has 5 heteroatoms. The highest BCUT2D eigenvalue weighted by atomic mass is 16.5. The van der Waals surface area contributed by atoms with Crippen LogP contribution in [-0.2, 0) is 27.4 Å². The number of carbonyl (C=O) groups excluding carboxylic acids is 1. The molecule has 1 aromatic heterocycles. The van der Waals surface area contributed by atoms with Crippen molar-refractivity contribution in [1.82, 2.24) is 4.98 Å². The quantitative estimate of drug-likeness (QED) is 0.322. The first kappa shape index (κ1) is 21.9. The number of pyridine rings is 1. The number of para-hydroxylation sites is 1. The van der Waals surface area contributed by atoms with Crippen LogP contribution >= 0.6 is 0 Å². The van der Waals surface area contributed by atoms with E-state index in [4.69, 9.17) is 14.2 Å². The van der Waals surface area contributed by atoms with Crippen molar-refractivity contribution in [2.45, 2.75) is 39.4 Å². The Morgan fingerprint density at radius 3 is 2.43 bits per heavy atom. The molecule has 2 aromatic carbocycles. The van der Waals surface area contributed by atoms with Crippen molar-refractivity contribution in [3.63, 3.8) is 0 Å². The highest BCUT2D eigenvalue weighted by molar-refractivity contribution is 5.92. The second-order valence-corrected chi connectivity index (χ2v) is 7.26. The Kier molecular flexibility index (Phi) is 8.36. The highest BCUT2D eigenvalue weighted by Crippen LogP contribution is 2.17. The van der Waals surface area contributed by atoms with Gasteiger partial charge in [-0.3, -0.25) is 4.98 Å². The lowest BCUT2D eigenvalue weighted by molar-refractivity contribution is 0.0590. The van der Waals surface area contributed by atoms with Crippen LogP contribution in [0.1, 0.15) is 46.4 Å². The fraction of sp³-hybridized carbons (Fsp3) is 0.360. The number of esters is 1. The number of rotatable bonds is 11. The number of unbranched alkanes of at least 4 members (excludes halogenated alkanes) is 2. The number of fused-ring (bicyclic) bond motifs is 1. The van der Waals surface area contributed by atoms with Gasteiger partial charge < -0.3 is 14.2 Å². The average Bonchev–Trinajstić information content (AvgIpc) is 2.77. The first-order valence-electron chi connectivity index (χ1n) is 10.4. The normalized spacial score (nSPS) is 11.0. The fourth-order valence-corrected chi connectivity index (χ4v) is 3.38. The van der Waals surface area contributed by atoms with Crippen LogP contribution in [0.3, 0.4) is 0 Å². The molecule has 0 saturated heterocycles. The van der Waals surface area contributed by atoms with Crippen molar-refractivity contribution in [2.24, 2.45) is 0 Å². The summed E-state index contributed by atoms with van der Waals surface area (Å²) in [6.45, 7) is 4.21. The van der Waals surface area contributed by atoms with E-state index in [1.54, 1.807) is 0 Å². The number of aryl methyl sites for hydroxylation is 1. The van der Waals surface area contributed by atoms with Gasteiger partial charge in [0.25, 0.3) is 0 Å². The Morgan fingerprint density at radius 1 is 0.867 bits per heavy atom. The second-order valence-electron chi connectivity index (χ2n) is 7.26. The summed E-state index contributed by atoms with van der Waals surface area (Å²) in [4.78, 5) is 16.6. The zero-order valence-electron chi connectivity index (χ0n) is 17.7. The Balaban J connectivity index is 1.30. The Labute approximate surface area is 178 Å². The van der Waals surface area contributed by atoms with E-state index in [9.17, 15) is 4.79 Å². The molecule has 0 atom stereocenters. The minimum absolute atomic E-state index is 0.315. The number of nitrogens with zero attached hydrogens (tertiary/aromatic N) is 1. The van der Waals surface area contributed by atoms with E-state index in [1.807, 2.05) is 49.4 Å². The predicted octanol–water partition coefficient (Wildman–Crippen LogP) is 5.23. The molecule has 3 rings (SSSR count). The molecule has 0 spiro atoms. The Hall–Kier alpha value is -2.76. The van der Waals surface area contributed by atoms with Crippen molar-refractivity contribution < 1.29 is 19.0 Å². The number of hydrogen-bond donors (Lipinski definition) is 0. The van der Waals surface area contributed by atoms with Gasteiger partial charge in [0.15, 0.2) is 0 Å². The van der Waals surface area contributed by atoms with Gasteiger partial charge in [0, 0.05) is 18.6 Å². The minimum Gasteiger partial charge on any atom is -0.465 e. The maximum atomic E-state index is 12.0. The van der Waals surface area contributed by atoms with E-state index in [1.165, 1.54) is 7.11 Å². The molecule has 0 saturated carbocycles. The summed E-state index contributed by atoms with van der Waals surface area (Å²) >= 11 is 0. The van der Waals surface area contributed by atoms with Gasteiger partial charge in [-0.2, -0.15) is 0 Å². The van der Waals surface area contributed by atoms with E-state index in [0.29, 0.717) is 32.0 Å². The topological polar surface area (TPSA) is 57.7 Å². The van der Waals surface area contributed by atoms with Gasteiger partial charge in [-0.1, -0.05) is 42.5 Å². The SMILES string of the molecule is COC(=O)c1c(C)cccc1COCCCCCOCc1ccc2ccccc2n1. The van der Waals surface area contributed by atoms with Crippen LogP contribution in [0.5, 0.6) is 0 Å². The molecule has 0 amide bonds. The van der Waals surface area contributed by atoms with Crippen LogP contribution in [0.15, 0.2) is 54.6 Å². The zero-order chi connectivity index (χ0) is 21.2. The maximum Gasteiger partial charge on any atom is 0.338 e. The molecule has 0 radical (unpaired) electrons. The molecule has 3 aromatic rings. The van der Waals surface area contributed by atoms with Crippen molar-refractivity contribution in [1.29, 1.82) is 0 Å². The highest BCUT2D eigenvalue weighted by Gasteiger charge is 2.14. The van der Waals surface area contributed by atoms with E-state index in [-0.39, 0.29) is 5.97 Å². The van der Waals surface area contributed by atoms with Gasteiger partial charge in [-0.05, 0) is 49.4 Å². The van der Waals surface area contributed by atoms with E-state index in [0.717, 1.165) is 47.0 Å². The van der Waals surface area contributed by atoms with Crippen molar-refractivity contribution in [2.75, 3.05) is 20.3 Å². The Bertz CT molecular complexity index is 970. The molecule has 0 unspecified atom stereocenters.